The number of thioether (sulfide) groups is 1. The lowest BCUT2D eigenvalue weighted by molar-refractivity contribution is 0.390. The molecule has 2 fully saturated rings. The van der Waals surface area contributed by atoms with E-state index in [9.17, 15) is 0 Å². The summed E-state index contributed by atoms with van der Waals surface area (Å²) in [5.74, 6) is 1.42. The van der Waals surface area contributed by atoms with Crippen molar-refractivity contribution in [1.29, 1.82) is 0 Å². The van der Waals surface area contributed by atoms with E-state index >= 15 is 0 Å². The van der Waals surface area contributed by atoms with Crippen LogP contribution in [0.25, 0.3) is 0 Å². The highest BCUT2D eigenvalue weighted by atomic mass is 32.2. The Kier molecular flexibility index (Phi) is 4.31. The maximum absolute atomic E-state index is 5.10. The second-order valence-corrected chi connectivity index (χ2v) is 4.17. The molecule has 2 atom stereocenters. The van der Waals surface area contributed by atoms with Crippen molar-refractivity contribution >= 4 is 11.8 Å². The van der Waals surface area contributed by atoms with Gasteiger partial charge in [0.1, 0.15) is 0 Å². The fourth-order valence-electron chi connectivity index (χ4n) is 1.04. The van der Waals surface area contributed by atoms with Crippen LogP contribution in [0.3, 0.4) is 0 Å². The van der Waals surface area contributed by atoms with Crippen molar-refractivity contribution in [2.45, 2.75) is 44.5 Å². The van der Waals surface area contributed by atoms with Gasteiger partial charge in [0.25, 0.3) is 0 Å². The first-order valence-electron chi connectivity index (χ1n) is 4.68. The van der Waals surface area contributed by atoms with Crippen LogP contribution in [0, 0.1) is 0 Å². The van der Waals surface area contributed by atoms with E-state index in [2.05, 4.69) is 11.8 Å². The predicted molar refractivity (Wildman–Crippen MR) is 51.2 cm³/mol. The number of rotatable bonds is 4. The van der Waals surface area contributed by atoms with Gasteiger partial charge < -0.3 is 4.74 Å². The van der Waals surface area contributed by atoms with E-state index < -0.39 is 0 Å². The van der Waals surface area contributed by atoms with E-state index in [1.807, 2.05) is 13.8 Å². The van der Waals surface area contributed by atoms with Gasteiger partial charge in [-0.05, 0) is 19.3 Å². The predicted octanol–water partition coefficient (Wildman–Crippen LogP) is 2.70. The average molecular weight is 174 g/mol. The molecule has 2 aliphatic rings. The minimum Gasteiger partial charge on any atom is -0.373 e. The lowest BCUT2D eigenvalue weighted by Gasteiger charge is -1.91. The summed E-state index contributed by atoms with van der Waals surface area (Å²) in [7, 11) is 0. The standard InChI is InChI=1S/C7H12OS.C2H6/c1(2-6-4-8-6)3-7-5-9-7;1-2/h6-7H,1-5H2;1-2H3. The third-order valence-electron chi connectivity index (χ3n) is 1.86. The van der Waals surface area contributed by atoms with Crippen molar-refractivity contribution in [3.63, 3.8) is 0 Å². The minimum atomic E-state index is 0.661. The average Bonchev–Trinajstić information content (AvgIpc) is 2.86. The smallest absolute Gasteiger partial charge is 0.0810 e. The van der Waals surface area contributed by atoms with Gasteiger partial charge in [-0.2, -0.15) is 11.8 Å². The topological polar surface area (TPSA) is 12.5 Å². The second-order valence-electron chi connectivity index (χ2n) is 2.84. The molecule has 0 aliphatic carbocycles. The van der Waals surface area contributed by atoms with Crippen LogP contribution in [0.2, 0.25) is 0 Å². The molecule has 2 heterocycles. The minimum absolute atomic E-state index is 0.661. The van der Waals surface area contributed by atoms with Crippen molar-refractivity contribution in [2.75, 3.05) is 12.4 Å². The third kappa shape index (κ3) is 4.70. The van der Waals surface area contributed by atoms with E-state index in [0.29, 0.717) is 6.10 Å². The Labute approximate surface area is 73.9 Å². The summed E-state index contributed by atoms with van der Waals surface area (Å²) < 4.78 is 5.10. The van der Waals surface area contributed by atoms with Gasteiger partial charge in [-0.3, -0.25) is 0 Å². The van der Waals surface area contributed by atoms with E-state index in [1.54, 1.807) is 0 Å². The molecular weight excluding hydrogens is 156 g/mol. The molecule has 1 nitrogen and oxygen atoms in total. The van der Waals surface area contributed by atoms with E-state index in [1.165, 1.54) is 25.0 Å². The number of hydrogen-bond donors (Lipinski definition) is 0. The van der Waals surface area contributed by atoms with Crippen LogP contribution in [0.15, 0.2) is 0 Å². The highest BCUT2D eigenvalue weighted by molar-refractivity contribution is 8.06. The van der Waals surface area contributed by atoms with Gasteiger partial charge in [-0.25, -0.2) is 0 Å². The van der Waals surface area contributed by atoms with Crippen LogP contribution in [-0.4, -0.2) is 23.7 Å². The molecule has 2 unspecified atom stereocenters. The summed E-state index contributed by atoms with van der Waals surface area (Å²) in [5.41, 5.74) is 0. The third-order valence-corrected chi connectivity index (χ3v) is 2.90. The van der Waals surface area contributed by atoms with Crippen LogP contribution in [-0.2, 0) is 4.74 Å². The summed E-state index contributed by atoms with van der Waals surface area (Å²) >= 11 is 2.10. The second kappa shape index (κ2) is 5.04. The molecule has 0 bridgehead atoms. The lowest BCUT2D eigenvalue weighted by atomic mass is 10.2. The van der Waals surface area contributed by atoms with Gasteiger partial charge in [0.05, 0.1) is 12.7 Å². The first-order valence-corrected chi connectivity index (χ1v) is 5.73. The van der Waals surface area contributed by atoms with E-state index in [0.717, 1.165) is 11.9 Å². The van der Waals surface area contributed by atoms with Gasteiger partial charge in [0.2, 0.25) is 0 Å². The molecule has 0 spiro atoms. The summed E-state index contributed by atoms with van der Waals surface area (Å²) in [6, 6.07) is 0. The van der Waals surface area contributed by atoms with Crippen LogP contribution in [0.5, 0.6) is 0 Å². The van der Waals surface area contributed by atoms with Crippen LogP contribution < -0.4 is 0 Å². The fourth-order valence-corrected chi connectivity index (χ4v) is 1.68. The Morgan fingerprint density at radius 3 is 2.45 bits per heavy atom. The Hall–Kier alpha value is 0.310. The number of epoxide rings is 1. The molecule has 11 heavy (non-hydrogen) atoms. The maximum atomic E-state index is 5.10. The molecule has 0 aromatic carbocycles. The van der Waals surface area contributed by atoms with Gasteiger partial charge in [0, 0.05) is 11.0 Å². The highest BCUT2D eigenvalue weighted by Gasteiger charge is 2.25. The van der Waals surface area contributed by atoms with Crippen molar-refractivity contribution in [1.82, 2.24) is 0 Å². The normalized spacial score (nSPS) is 32.2. The number of ether oxygens (including phenoxy) is 1. The van der Waals surface area contributed by atoms with E-state index in [4.69, 9.17) is 4.74 Å². The Bertz CT molecular complexity index is 85.7. The SMILES string of the molecule is C(CC1CO1)CC1CS1.CC. The zero-order chi connectivity index (χ0) is 8.10. The summed E-state index contributed by atoms with van der Waals surface area (Å²) in [6.07, 6.45) is 4.80. The molecule has 0 aromatic rings. The van der Waals surface area contributed by atoms with Gasteiger partial charge >= 0.3 is 0 Å². The molecule has 0 N–H and O–H groups in total. The van der Waals surface area contributed by atoms with Gasteiger partial charge in [0.15, 0.2) is 0 Å². The van der Waals surface area contributed by atoms with Crippen molar-refractivity contribution in [2.24, 2.45) is 0 Å². The quantitative estimate of drug-likeness (QED) is 0.608. The lowest BCUT2D eigenvalue weighted by Crippen LogP contribution is -1.88. The van der Waals surface area contributed by atoms with Gasteiger partial charge in [-0.15, -0.1) is 0 Å². The maximum Gasteiger partial charge on any atom is 0.0810 e. The first kappa shape index (κ1) is 9.40. The van der Waals surface area contributed by atoms with Crippen molar-refractivity contribution in [3.05, 3.63) is 0 Å². The molecule has 0 saturated carbocycles. The first-order chi connectivity index (χ1) is 5.45. The molecule has 2 saturated heterocycles. The molecule has 0 aromatic heterocycles. The Morgan fingerprint density at radius 2 is 2.00 bits per heavy atom. The van der Waals surface area contributed by atoms with Crippen LogP contribution in [0.4, 0.5) is 0 Å². The molecule has 2 rings (SSSR count). The summed E-state index contributed by atoms with van der Waals surface area (Å²) in [4.78, 5) is 0. The van der Waals surface area contributed by atoms with E-state index in [-0.39, 0.29) is 0 Å². The molecule has 66 valence electrons. The van der Waals surface area contributed by atoms with Crippen LogP contribution >= 0.6 is 11.8 Å². The number of hydrogen-bond acceptors (Lipinski definition) is 2. The fraction of sp³-hybridized carbons (Fsp3) is 1.00. The van der Waals surface area contributed by atoms with Gasteiger partial charge in [-0.1, -0.05) is 13.8 Å². The summed E-state index contributed by atoms with van der Waals surface area (Å²) in [5, 5.41) is 1.03. The van der Waals surface area contributed by atoms with Crippen molar-refractivity contribution < 1.29 is 4.74 Å². The van der Waals surface area contributed by atoms with Crippen LogP contribution in [0.1, 0.15) is 33.1 Å². The Balaban J connectivity index is 0.000000281. The molecule has 0 amide bonds. The highest BCUT2D eigenvalue weighted by Crippen LogP contribution is 2.34. The molecule has 0 radical (unpaired) electrons. The monoisotopic (exact) mass is 174 g/mol. The zero-order valence-electron chi connectivity index (χ0n) is 7.51. The Morgan fingerprint density at radius 1 is 1.36 bits per heavy atom. The van der Waals surface area contributed by atoms with Crippen molar-refractivity contribution in [3.8, 4) is 0 Å². The molecule has 2 heteroatoms. The zero-order valence-corrected chi connectivity index (χ0v) is 8.32. The molecular formula is C9H18OS. The molecule has 2 aliphatic heterocycles. The largest absolute Gasteiger partial charge is 0.373 e. The summed E-state index contributed by atoms with van der Waals surface area (Å²) in [6.45, 7) is 5.04.